The van der Waals surface area contributed by atoms with E-state index in [1.807, 2.05) is 0 Å². The molecular weight excluding hydrogens is 304 g/mol. The van der Waals surface area contributed by atoms with Crippen LogP contribution in [0.25, 0.3) is 0 Å². The van der Waals surface area contributed by atoms with E-state index in [4.69, 9.17) is 0 Å². The Balaban J connectivity index is 1.82. The number of Topliss-reactive ketones (excluding diaryl/α,β-unsaturated/α-hetero) is 1. The van der Waals surface area contributed by atoms with E-state index >= 15 is 0 Å². The standard InChI is InChI=1S/C14H12N4O3S/c1-7-4-3-5-9-11(7)18(13(21)12(9)20)6-10(19)15-14-17-16-8(2)22-14/h3-5H,6H2,1-2H3,(H,15,17,19). The van der Waals surface area contributed by atoms with E-state index < -0.39 is 17.6 Å². The lowest BCUT2D eigenvalue weighted by Gasteiger charge is -2.17. The summed E-state index contributed by atoms with van der Waals surface area (Å²) < 4.78 is 0. The number of anilines is 2. The topological polar surface area (TPSA) is 92.3 Å². The molecule has 1 aliphatic heterocycles. The van der Waals surface area contributed by atoms with Crippen molar-refractivity contribution >= 4 is 39.8 Å². The number of aromatic nitrogens is 2. The van der Waals surface area contributed by atoms with Gasteiger partial charge in [0.2, 0.25) is 11.0 Å². The zero-order chi connectivity index (χ0) is 15.9. The number of rotatable bonds is 3. The fourth-order valence-corrected chi connectivity index (χ4v) is 2.95. The van der Waals surface area contributed by atoms with Crippen LogP contribution in [0.15, 0.2) is 18.2 Å². The molecule has 0 atom stereocenters. The van der Waals surface area contributed by atoms with Crippen LogP contribution in [0, 0.1) is 13.8 Å². The van der Waals surface area contributed by atoms with Crippen molar-refractivity contribution in [1.82, 2.24) is 10.2 Å². The average molecular weight is 316 g/mol. The molecule has 0 saturated heterocycles. The molecule has 1 N–H and O–H groups in total. The van der Waals surface area contributed by atoms with Gasteiger partial charge in [-0.05, 0) is 25.5 Å². The zero-order valence-corrected chi connectivity index (χ0v) is 12.7. The number of aryl methyl sites for hydroxylation is 2. The van der Waals surface area contributed by atoms with E-state index in [-0.39, 0.29) is 6.54 Å². The molecule has 7 nitrogen and oxygen atoms in total. The molecule has 2 heterocycles. The first kappa shape index (κ1) is 14.3. The molecule has 1 aromatic carbocycles. The lowest BCUT2D eigenvalue weighted by molar-refractivity contribution is -0.118. The fraction of sp³-hybridized carbons (Fsp3) is 0.214. The van der Waals surface area contributed by atoms with Crippen molar-refractivity contribution in [2.75, 3.05) is 16.8 Å². The van der Waals surface area contributed by atoms with Crippen LogP contribution in [0.5, 0.6) is 0 Å². The minimum atomic E-state index is -0.687. The lowest BCUT2D eigenvalue weighted by Crippen LogP contribution is -2.37. The maximum atomic E-state index is 12.1. The minimum absolute atomic E-state index is 0.235. The van der Waals surface area contributed by atoms with E-state index in [0.29, 0.717) is 16.4 Å². The van der Waals surface area contributed by atoms with Crippen molar-refractivity contribution in [3.8, 4) is 0 Å². The predicted molar refractivity (Wildman–Crippen MR) is 81.1 cm³/mol. The Morgan fingerprint density at radius 3 is 2.73 bits per heavy atom. The van der Waals surface area contributed by atoms with Crippen LogP contribution >= 0.6 is 11.3 Å². The molecule has 0 saturated carbocycles. The molecule has 2 amide bonds. The van der Waals surface area contributed by atoms with Gasteiger partial charge in [-0.15, -0.1) is 10.2 Å². The van der Waals surface area contributed by atoms with E-state index in [1.54, 1.807) is 32.0 Å². The number of hydrogen-bond acceptors (Lipinski definition) is 6. The Kier molecular flexibility index (Phi) is 3.45. The summed E-state index contributed by atoms with van der Waals surface area (Å²) in [4.78, 5) is 37.3. The average Bonchev–Trinajstić information content (AvgIpc) is 2.97. The number of carbonyl (C=O) groups is 3. The predicted octanol–water partition coefficient (Wildman–Crippen LogP) is 1.32. The normalized spacial score (nSPS) is 13.5. The first-order chi connectivity index (χ1) is 10.5. The molecule has 0 aliphatic carbocycles. The Morgan fingerprint density at radius 1 is 1.27 bits per heavy atom. The first-order valence-corrected chi connectivity index (χ1v) is 7.35. The van der Waals surface area contributed by atoms with Crippen molar-refractivity contribution in [2.24, 2.45) is 0 Å². The smallest absolute Gasteiger partial charge is 0.299 e. The SMILES string of the molecule is Cc1nnc(NC(=O)CN2C(=O)C(=O)c3cccc(C)c32)s1. The molecule has 2 aromatic rings. The number of hydrogen-bond donors (Lipinski definition) is 1. The Labute approximate surface area is 130 Å². The Bertz CT molecular complexity index is 799. The van der Waals surface area contributed by atoms with Gasteiger partial charge in [0.15, 0.2) is 0 Å². The van der Waals surface area contributed by atoms with Gasteiger partial charge in [0.25, 0.3) is 11.7 Å². The molecule has 3 rings (SSSR count). The third-order valence-electron chi connectivity index (χ3n) is 3.27. The van der Waals surface area contributed by atoms with Crippen LogP contribution < -0.4 is 10.2 Å². The molecule has 8 heteroatoms. The van der Waals surface area contributed by atoms with E-state index in [1.165, 1.54) is 16.2 Å². The van der Waals surface area contributed by atoms with Gasteiger partial charge >= 0.3 is 0 Å². The van der Waals surface area contributed by atoms with Crippen LogP contribution in [-0.4, -0.2) is 34.3 Å². The van der Waals surface area contributed by atoms with Crippen LogP contribution in [0.4, 0.5) is 10.8 Å². The second kappa shape index (κ2) is 5.30. The van der Waals surface area contributed by atoms with Crippen molar-refractivity contribution in [3.05, 3.63) is 34.3 Å². The summed E-state index contributed by atoms with van der Waals surface area (Å²) in [5.41, 5.74) is 1.61. The maximum absolute atomic E-state index is 12.1. The number of benzene rings is 1. The summed E-state index contributed by atoms with van der Waals surface area (Å²) in [5.74, 6) is -1.69. The highest BCUT2D eigenvalue weighted by Gasteiger charge is 2.37. The van der Waals surface area contributed by atoms with E-state index in [0.717, 1.165) is 10.6 Å². The van der Waals surface area contributed by atoms with Gasteiger partial charge in [-0.3, -0.25) is 24.6 Å². The van der Waals surface area contributed by atoms with E-state index in [9.17, 15) is 14.4 Å². The molecule has 22 heavy (non-hydrogen) atoms. The highest BCUT2D eigenvalue weighted by Crippen LogP contribution is 2.31. The van der Waals surface area contributed by atoms with Crippen molar-refractivity contribution in [3.63, 3.8) is 0 Å². The van der Waals surface area contributed by atoms with Gasteiger partial charge in [-0.25, -0.2) is 0 Å². The summed E-state index contributed by atoms with van der Waals surface area (Å²) in [7, 11) is 0. The molecule has 0 radical (unpaired) electrons. The van der Waals surface area contributed by atoms with Gasteiger partial charge in [0.05, 0.1) is 11.3 Å². The molecule has 1 aliphatic rings. The number of nitrogens with zero attached hydrogens (tertiary/aromatic N) is 3. The van der Waals surface area contributed by atoms with Crippen molar-refractivity contribution in [2.45, 2.75) is 13.8 Å². The van der Waals surface area contributed by atoms with E-state index in [2.05, 4.69) is 15.5 Å². The van der Waals surface area contributed by atoms with Gasteiger partial charge < -0.3 is 0 Å². The van der Waals surface area contributed by atoms with Crippen LogP contribution in [0.1, 0.15) is 20.9 Å². The summed E-state index contributed by atoms with van der Waals surface area (Å²) >= 11 is 1.24. The molecule has 0 fully saturated rings. The molecule has 0 bridgehead atoms. The number of nitrogens with one attached hydrogen (secondary N) is 1. The van der Waals surface area contributed by atoms with Gasteiger partial charge in [0.1, 0.15) is 11.6 Å². The second-order valence-corrected chi connectivity index (χ2v) is 6.05. The molecular formula is C14H12N4O3S. The highest BCUT2D eigenvalue weighted by molar-refractivity contribution is 7.15. The summed E-state index contributed by atoms with van der Waals surface area (Å²) in [6.45, 7) is 3.33. The molecule has 1 aromatic heterocycles. The largest absolute Gasteiger partial charge is 0.299 e. The lowest BCUT2D eigenvalue weighted by atomic mass is 10.1. The highest BCUT2D eigenvalue weighted by atomic mass is 32.1. The Hall–Kier alpha value is -2.61. The zero-order valence-electron chi connectivity index (χ0n) is 11.9. The molecule has 0 spiro atoms. The number of para-hydroxylation sites is 1. The molecule has 112 valence electrons. The summed E-state index contributed by atoms with van der Waals surface area (Å²) in [6.07, 6.45) is 0. The van der Waals surface area contributed by atoms with Crippen molar-refractivity contribution in [1.29, 1.82) is 0 Å². The van der Waals surface area contributed by atoms with Gasteiger partial charge in [0, 0.05) is 0 Å². The van der Waals surface area contributed by atoms with Gasteiger partial charge in [-0.2, -0.15) is 0 Å². The number of ketones is 1. The quantitative estimate of drug-likeness (QED) is 0.862. The second-order valence-electron chi connectivity index (χ2n) is 4.87. The number of amides is 2. The fourth-order valence-electron chi connectivity index (χ4n) is 2.34. The first-order valence-electron chi connectivity index (χ1n) is 6.53. The summed E-state index contributed by atoms with van der Waals surface area (Å²) in [6, 6.07) is 5.10. The monoisotopic (exact) mass is 316 g/mol. The third kappa shape index (κ3) is 2.37. The van der Waals surface area contributed by atoms with Crippen LogP contribution in [0.2, 0.25) is 0 Å². The van der Waals surface area contributed by atoms with Crippen LogP contribution in [-0.2, 0) is 9.59 Å². The Morgan fingerprint density at radius 2 is 2.05 bits per heavy atom. The number of fused-ring (bicyclic) bond motifs is 1. The third-order valence-corrected chi connectivity index (χ3v) is 4.02. The molecule has 0 unspecified atom stereocenters. The van der Waals surface area contributed by atoms with Crippen LogP contribution in [0.3, 0.4) is 0 Å². The minimum Gasteiger partial charge on any atom is -0.299 e. The summed E-state index contributed by atoms with van der Waals surface area (Å²) in [5, 5.41) is 11.3. The maximum Gasteiger partial charge on any atom is 0.299 e. The van der Waals surface area contributed by atoms with Gasteiger partial charge in [-0.1, -0.05) is 23.5 Å². The van der Waals surface area contributed by atoms with Crippen molar-refractivity contribution < 1.29 is 14.4 Å². The number of carbonyl (C=O) groups excluding carboxylic acids is 3.